The summed E-state index contributed by atoms with van der Waals surface area (Å²) in [6, 6.07) is 19.4. The Morgan fingerprint density at radius 3 is 1.36 bits per heavy atom. The molecule has 0 spiro atoms. The molecule has 9 nitrogen and oxygen atoms in total. The van der Waals surface area contributed by atoms with Crippen LogP contribution in [0.15, 0.2) is 73.1 Å². The van der Waals surface area contributed by atoms with Crippen LogP contribution in [0.4, 0.5) is 8.78 Å². The van der Waals surface area contributed by atoms with Crippen molar-refractivity contribution in [2.45, 2.75) is 52.4 Å². The summed E-state index contributed by atoms with van der Waals surface area (Å²) >= 11 is 0. The molecule has 0 aliphatic heterocycles. The number of pyridine rings is 3. The first-order valence-electron chi connectivity index (χ1n) is 13.9. The first-order valence-corrected chi connectivity index (χ1v) is 13.9. The van der Waals surface area contributed by atoms with Crippen molar-refractivity contribution < 1.29 is 28.9 Å². The van der Waals surface area contributed by atoms with E-state index >= 15 is 0 Å². The third kappa shape index (κ3) is 7.95. The normalized spacial score (nSPS) is 11.4. The van der Waals surface area contributed by atoms with E-state index in [0.717, 1.165) is 6.07 Å². The Morgan fingerprint density at radius 2 is 1.00 bits per heavy atom. The molecule has 0 amide bonds. The number of hydrogen-bond donors (Lipinski definition) is 0. The van der Waals surface area contributed by atoms with Gasteiger partial charge in [-0.15, -0.1) is 6.07 Å². The second kappa shape index (κ2) is 13.6. The molecule has 0 radical (unpaired) electrons. The van der Waals surface area contributed by atoms with Crippen molar-refractivity contribution in [3.63, 3.8) is 0 Å². The van der Waals surface area contributed by atoms with Gasteiger partial charge >= 0.3 is 20.1 Å². The molecule has 0 aliphatic carbocycles. The Hall–Kier alpha value is -4.54. The van der Waals surface area contributed by atoms with E-state index in [4.69, 9.17) is 0 Å². The van der Waals surface area contributed by atoms with E-state index in [0.29, 0.717) is 46.1 Å². The Kier molecular flexibility index (Phi) is 10.1. The van der Waals surface area contributed by atoms with Crippen LogP contribution in [0.25, 0.3) is 45.6 Å². The Balaban J connectivity index is 0.000000203. The van der Waals surface area contributed by atoms with Gasteiger partial charge in [0.2, 0.25) is 0 Å². The summed E-state index contributed by atoms with van der Waals surface area (Å²) < 4.78 is 27.8. The molecule has 0 atom stereocenters. The number of rotatable bonds is 4. The van der Waals surface area contributed by atoms with Crippen LogP contribution in [0.3, 0.4) is 0 Å². The summed E-state index contributed by atoms with van der Waals surface area (Å²) in [6.07, 6.45) is 3.10. The van der Waals surface area contributed by atoms with Gasteiger partial charge in [-0.25, -0.2) is 4.98 Å². The van der Waals surface area contributed by atoms with Crippen LogP contribution in [0.2, 0.25) is 0 Å². The van der Waals surface area contributed by atoms with Gasteiger partial charge in [-0.1, -0.05) is 89.1 Å². The smallest absolute Gasteiger partial charge is 0.420 e. The van der Waals surface area contributed by atoms with Gasteiger partial charge in [0.05, 0.1) is 23.0 Å². The van der Waals surface area contributed by atoms with Crippen molar-refractivity contribution in [1.29, 1.82) is 0 Å². The summed E-state index contributed by atoms with van der Waals surface area (Å²) in [4.78, 5) is 21.7. The van der Waals surface area contributed by atoms with Crippen LogP contribution >= 0.6 is 0 Å². The van der Waals surface area contributed by atoms with E-state index in [1.807, 2.05) is 18.2 Å². The summed E-state index contributed by atoms with van der Waals surface area (Å²) in [7, 11) is 0. The van der Waals surface area contributed by atoms with E-state index < -0.39 is 11.6 Å². The monoisotopic (exact) mass is 783 g/mol. The van der Waals surface area contributed by atoms with Crippen LogP contribution in [-0.4, -0.2) is 35.1 Å². The molecule has 5 aromatic heterocycles. The van der Waals surface area contributed by atoms with Crippen LogP contribution in [0.5, 0.6) is 0 Å². The predicted molar refractivity (Wildman–Crippen MR) is 162 cm³/mol. The van der Waals surface area contributed by atoms with Crippen molar-refractivity contribution in [1.82, 2.24) is 45.3 Å². The Morgan fingerprint density at radius 1 is 0.578 bits per heavy atom. The van der Waals surface area contributed by atoms with Gasteiger partial charge in [0.1, 0.15) is 0 Å². The average molecular weight is 783 g/mol. The largest absolute Gasteiger partial charge is 3.00 e. The van der Waals surface area contributed by atoms with Gasteiger partial charge in [0.25, 0.3) is 0 Å². The minimum Gasteiger partial charge on any atom is -0.420 e. The predicted octanol–water partition coefficient (Wildman–Crippen LogP) is 6.39. The molecule has 0 saturated carbocycles. The maximum atomic E-state index is 13.9. The van der Waals surface area contributed by atoms with Crippen molar-refractivity contribution in [2.24, 2.45) is 0 Å². The molecule has 1 aromatic carbocycles. The maximum absolute atomic E-state index is 13.9. The summed E-state index contributed by atoms with van der Waals surface area (Å²) in [6.45, 7) is 12.3. The Bertz CT molecular complexity index is 1730. The molecule has 45 heavy (non-hydrogen) atoms. The van der Waals surface area contributed by atoms with Gasteiger partial charge in [-0.05, 0) is 35.9 Å². The van der Waals surface area contributed by atoms with E-state index in [1.165, 1.54) is 0 Å². The standard InChI is InChI=1S/C17H21N7.C16H9F2N2.Ir/c1-16(2,3)14-19-12(21-23-14)10-8-7-9-11(18-10)13-20-15(24-22-13)17(4,5)6;17-13-10-14(18)12(16-6-2-4-8-20-16)9-11(13)15-5-1-3-7-19-15;/h7-9H,1-6H3;1-8,10H;/q-2;-1;+3. The number of hydrogen-bond acceptors (Lipinski definition) is 7. The third-order valence-electron chi connectivity index (χ3n) is 6.27. The first-order chi connectivity index (χ1) is 20.9. The van der Waals surface area contributed by atoms with E-state index in [-0.39, 0.29) is 42.1 Å². The zero-order valence-corrected chi connectivity index (χ0v) is 27.9. The molecule has 0 aliphatic rings. The van der Waals surface area contributed by atoms with E-state index in [9.17, 15) is 8.78 Å². The molecule has 0 N–H and O–H groups in total. The Labute approximate surface area is 273 Å². The zero-order chi connectivity index (χ0) is 31.5. The SMILES string of the molecule is CC(C)(C)c1n[n-]c(-c2cccc(-c3nc(C(C)(C)C)n[n-]3)n2)n1.Fc1cc(F)c(-c2ccccn2)[c-]c1-c1ccccn1.[Ir+3]. The van der Waals surface area contributed by atoms with Gasteiger partial charge in [-0.2, -0.15) is 0 Å². The molecule has 0 bridgehead atoms. The zero-order valence-electron chi connectivity index (χ0n) is 25.5. The fraction of sp³-hybridized carbons (Fsp3) is 0.242. The summed E-state index contributed by atoms with van der Waals surface area (Å²) in [5.74, 6) is 1.04. The van der Waals surface area contributed by atoms with Crippen molar-refractivity contribution in [2.75, 3.05) is 0 Å². The molecule has 0 fully saturated rings. The number of halogens is 2. The maximum Gasteiger partial charge on any atom is 3.00 e. The van der Waals surface area contributed by atoms with Gasteiger partial charge in [-0.3, -0.25) is 28.9 Å². The molecule has 0 saturated heterocycles. The number of benzene rings is 1. The van der Waals surface area contributed by atoms with Gasteiger partial charge in [0.15, 0.2) is 0 Å². The summed E-state index contributed by atoms with van der Waals surface area (Å²) in [5, 5.41) is 16.6. The molecule has 230 valence electrons. The minimum atomic E-state index is -0.694. The van der Waals surface area contributed by atoms with E-state index in [1.54, 1.807) is 48.8 Å². The molecular formula is C33H30F2IrN9. The average Bonchev–Trinajstić information content (AvgIpc) is 3.70. The third-order valence-corrected chi connectivity index (χ3v) is 6.27. The number of aromatic nitrogens is 9. The quantitative estimate of drug-likeness (QED) is 0.188. The fourth-order valence-electron chi connectivity index (χ4n) is 3.91. The molecule has 6 aromatic rings. The van der Waals surface area contributed by atoms with Gasteiger partial charge in [0, 0.05) is 46.3 Å². The van der Waals surface area contributed by atoms with Crippen LogP contribution < -0.4 is 10.2 Å². The minimum absolute atomic E-state index is 0. The van der Waals surface area contributed by atoms with Crippen LogP contribution in [-0.2, 0) is 30.9 Å². The second-order valence-corrected chi connectivity index (χ2v) is 12.0. The molecule has 6 rings (SSSR count). The second-order valence-electron chi connectivity index (χ2n) is 12.0. The molecule has 5 heterocycles. The molecule has 12 heteroatoms. The van der Waals surface area contributed by atoms with E-state index in [2.05, 4.69) is 92.9 Å². The van der Waals surface area contributed by atoms with Crippen molar-refractivity contribution in [3.8, 4) is 45.6 Å². The van der Waals surface area contributed by atoms with Crippen molar-refractivity contribution in [3.05, 3.63) is 102 Å². The number of nitrogens with zero attached hydrogens (tertiary/aromatic N) is 9. The topological polar surface area (TPSA) is 118 Å². The van der Waals surface area contributed by atoms with Gasteiger partial charge < -0.3 is 20.2 Å². The molecular weight excluding hydrogens is 753 g/mol. The fourth-order valence-corrected chi connectivity index (χ4v) is 3.91. The van der Waals surface area contributed by atoms with Crippen LogP contribution in [0.1, 0.15) is 53.2 Å². The first kappa shape index (κ1) is 33.4. The van der Waals surface area contributed by atoms with Crippen molar-refractivity contribution >= 4 is 0 Å². The van der Waals surface area contributed by atoms with Crippen LogP contribution in [0, 0.1) is 17.7 Å². The summed E-state index contributed by atoms with van der Waals surface area (Å²) in [5.41, 5.74) is 2.08. The molecule has 0 unspecified atom stereocenters.